The first kappa shape index (κ1) is 16.7. The van der Waals surface area contributed by atoms with Crippen LogP contribution in [0.25, 0.3) is 22.3 Å². The van der Waals surface area contributed by atoms with Crippen LogP contribution >= 0.6 is 0 Å². The van der Waals surface area contributed by atoms with Crippen LogP contribution in [-0.2, 0) is 0 Å². The standard InChI is InChI=1S/C20H21N3.ClH/c1-15-11-13-23(14-12-15)20-17-9-5-6-10-18(17)21-19(22-20)16-7-3-2-4-8-16;/h2-10,15H,11-14H2,1H3;1H/p-1. The molecule has 2 aromatic carbocycles. The summed E-state index contributed by atoms with van der Waals surface area (Å²) < 4.78 is 0. The molecule has 0 saturated carbocycles. The number of anilines is 1. The number of hydrogen-bond donors (Lipinski definition) is 0. The lowest BCUT2D eigenvalue weighted by Crippen LogP contribution is -3.00. The number of hydrogen-bond acceptors (Lipinski definition) is 3. The summed E-state index contributed by atoms with van der Waals surface area (Å²) in [5.41, 5.74) is 2.10. The van der Waals surface area contributed by atoms with E-state index in [1.807, 2.05) is 24.3 Å². The number of piperidine rings is 1. The molecule has 4 rings (SSSR count). The Balaban J connectivity index is 0.00000169. The SMILES string of the molecule is CC1CCN(c2nc(-c3ccccc3)nc3ccccc23)CC1.[Cl-]. The number of aromatic nitrogens is 2. The second-order valence-corrected chi connectivity index (χ2v) is 6.42. The van der Waals surface area contributed by atoms with Crippen molar-refractivity contribution >= 4 is 16.7 Å². The summed E-state index contributed by atoms with van der Waals surface area (Å²) in [6.07, 6.45) is 2.47. The average molecular weight is 339 g/mol. The largest absolute Gasteiger partial charge is 1.00 e. The highest BCUT2D eigenvalue weighted by Gasteiger charge is 2.20. The molecule has 1 aliphatic heterocycles. The monoisotopic (exact) mass is 338 g/mol. The number of rotatable bonds is 2. The molecular weight excluding hydrogens is 318 g/mol. The maximum Gasteiger partial charge on any atom is 0.162 e. The molecule has 1 saturated heterocycles. The molecule has 0 aliphatic carbocycles. The van der Waals surface area contributed by atoms with Gasteiger partial charge in [0.2, 0.25) is 0 Å². The summed E-state index contributed by atoms with van der Waals surface area (Å²) in [6.45, 7) is 4.50. The molecule has 4 heteroatoms. The van der Waals surface area contributed by atoms with Gasteiger partial charge in [-0.25, -0.2) is 9.97 Å². The minimum atomic E-state index is 0. The van der Waals surface area contributed by atoms with Crippen LogP contribution in [-0.4, -0.2) is 23.1 Å². The Bertz CT molecular complexity index is 811. The van der Waals surface area contributed by atoms with E-state index in [4.69, 9.17) is 9.97 Å². The smallest absolute Gasteiger partial charge is 0.162 e. The van der Waals surface area contributed by atoms with Crippen LogP contribution in [0.1, 0.15) is 19.8 Å². The van der Waals surface area contributed by atoms with Crippen molar-refractivity contribution in [3.63, 3.8) is 0 Å². The van der Waals surface area contributed by atoms with Crippen molar-refractivity contribution in [2.45, 2.75) is 19.8 Å². The molecule has 0 amide bonds. The van der Waals surface area contributed by atoms with Gasteiger partial charge >= 0.3 is 0 Å². The van der Waals surface area contributed by atoms with Crippen LogP contribution in [0.2, 0.25) is 0 Å². The van der Waals surface area contributed by atoms with Crippen LogP contribution in [0, 0.1) is 5.92 Å². The Morgan fingerprint density at radius 2 is 1.54 bits per heavy atom. The van der Waals surface area contributed by atoms with Gasteiger partial charge in [0.15, 0.2) is 5.82 Å². The van der Waals surface area contributed by atoms with Gasteiger partial charge in [0.1, 0.15) is 5.82 Å². The van der Waals surface area contributed by atoms with E-state index in [0.29, 0.717) is 0 Å². The summed E-state index contributed by atoms with van der Waals surface area (Å²) in [5, 5.41) is 1.15. The molecule has 24 heavy (non-hydrogen) atoms. The van der Waals surface area contributed by atoms with E-state index in [9.17, 15) is 0 Å². The van der Waals surface area contributed by atoms with E-state index in [1.165, 1.54) is 12.8 Å². The molecule has 0 atom stereocenters. The predicted octanol–water partition coefficient (Wildman–Crippen LogP) is 1.54. The number of benzene rings is 2. The van der Waals surface area contributed by atoms with Gasteiger partial charge in [-0.15, -0.1) is 0 Å². The zero-order valence-corrected chi connectivity index (χ0v) is 14.6. The molecule has 1 aliphatic rings. The van der Waals surface area contributed by atoms with Crippen molar-refractivity contribution < 1.29 is 12.4 Å². The Morgan fingerprint density at radius 3 is 2.29 bits per heavy atom. The first-order valence-electron chi connectivity index (χ1n) is 8.38. The molecule has 0 radical (unpaired) electrons. The van der Waals surface area contributed by atoms with E-state index in [-0.39, 0.29) is 12.4 Å². The van der Waals surface area contributed by atoms with Crippen molar-refractivity contribution in [1.29, 1.82) is 0 Å². The van der Waals surface area contributed by atoms with E-state index in [1.54, 1.807) is 0 Å². The quantitative estimate of drug-likeness (QED) is 0.709. The summed E-state index contributed by atoms with van der Waals surface area (Å²) >= 11 is 0. The van der Waals surface area contributed by atoms with E-state index >= 15 is 0 Å². The van der Waals surface area contributed by atoms with Crippen LogP contribution < -0.4 is 17.3 Å². The van der Waals surface area contributed by atoms with Crippen molar-refractivity contribution in [3.05, 3.63) is 54.6 Å². The van der Waals surface area contributed by atoms with Crippen LogP contribution in [0.5, 0.6) is 0 Å². The average Bonchev–Trinajstić information content (AvgIpc) is 2.62. The summed E-state index contributed by atoms with van der Waals surface area (Å²) in [5.74, 6) is 2.72. The molecule has 1 aromatic heterocycles. The molecule has 0 N–H and O–H groups in total. The van der Waals surface area contributed by atoms with Crippen LogP contribution in [0.3, 0.4) is 0 Å². The maximum absolute atomic E-state index is 4.93. The lowest BCUT2D eigenvalue weighted by molar-refractivity contribution is -0.00000479. The van der Waals surface area contributed by atoms with Crippen molar-refractivity contribution in [1.82, 2.24) is 9.97 Å². The van der Waals surface area contributed by atoms with Gasteiger partial charge in [0, 0.05) is 24.0 Å². The molecule has 124 valence electrons. The topological polar surface area (TPSA) is 29.0 Å². The molecule has 0 spiro atoms. The first-order valence-corrected chi connectivity index (χ1v) is 8.38. The first-order chi connectivity index (χ1) is 11.3. The zero-order chi connectivity index (χ0) is 15.6. The minimum Gasteiger partial charge on any atom is -1.00 e. The molecular formula is C20H21ClN3-. The molecule has 0 bridgehead atoms. The van der Waals surface area contributed by atoms with Gasteiger partial charge in [0.25, 0.3) is 0 Å². The summed E-state index contributed by atoms with van der Waals surface area (Å²) in [4.78, 5) is 12.1. The highest BCUT2D eigenvalue weighted by atomic mass is 35.5. The number of nitrogens with zero attached hydrogens (tertiary/aromatic N) is 3. The van der Waals surface area contributed by atoms with Gasteiger partial charge in [-0.2, -0.15) is 0 Å². The summed E-state index contributed by atoms with van der Waals surface area (Å²) in [6, 6.07) is 18.6. The number of fused-ring (bicyclic) bond motifs is 1. The predicted molar refractivity (Wildman–Crippen MR) is 95.6 cm³/mol. The van der Waals surface area contributed by atoms with E-state index in [2.05, 4.69) is 42.2 Å². The fourth-order valence-electron chi connectivity index (χ4n) is 3.24. The second-order valence-electron chi connectivity index (χ2n) is 6.42. The number of para-hydroxylation sites is 1. The van der Waals surface area contributed by atoms with E-state index in [0.717, 1.165) is 47.1 Å². The van der Waals surface area contributed by atoms with Gasteiger partial charge in [-0.05, 0) is 30.9 Å². The molecule has 3 aromatic rings. The molecule has 1 fully saturated rings. The van der Waals surface area contributed by atoms with Crippen molar-refractivity contribution in [2.24, 2.45) is 5.92 Å². The van der Waals surface area contributed by atoms with Crippen molar-refractivity contribution in [2.75, 3.05) is 18.0 Å². The third-order valence-electron chi connectivity index (χ3n) is 4.70. The highest BCUT2D eigenvalue weighted by molar-refractivity contribution is 5.91. The highest BCUT2D eigenvalue weighted by Crippen LogP contribution is 2.30. The fourth-order valence-corrected chi connectivity index (χ4v) is 3.24. The third kappa shape index (κ3) is 3.22. The number of halogens is 1. The Labute approximate surface area is 149 Å². The van der Waals surface area contributed by atoms with Crippen LogP contribution in [0.4, 0.5) is 5.82 Å². The maximum atomic E-state index is 4.93. The van der Waals surface area contributed by atoms with Crippen molar-refractivity contribution in [3.8, 4) is 11.4 Å². The lowest BCUT2D eigenvalue weighted by Gasteiger charge is -2.32. The fraction of sp³-hybridized carbons (Fsp3) is 0.300. The van der Waals surface area contributed by atoms with Gasteiger partial charge < -0.3 is 17.3 Å². The van der Waals surface area contributed by atoms with Gasteiger partial charge in [0.05, 0.1) is 5.52 Å². The molecule has 2 heterocycles. The Morgan fingerprint density at radius 1 is 0.875 bits per heavy atom. The normalized spacial score (nSPS) is 15.3. The Kier molecular flexibility index (Phi) is 5.00. The molecule has 3 nitrogen and oxygen atoms in total. The van der Waals surface area contributed by atoms with Crippen LogP contribution in [0.15, 0.2) is 54.6 Å². The zero-order valence-electron chi connectivity index (χ0n) is 13.8. The second kappa shape index (κ2) is 7.18. The third-order valence-corrected chi connectivity index (χ3v) is 4.70. The lowest BCUT2D eigenvalue weighted by atomic mass is 9.99. The van der Waals surface area contributed by atoms with E-state index < -0.39 is 0 Å². The molecule has 0 unspecified atom stereocenters. The minimum absolute atomic E-state index is 0. The summed E-state index contributed by atoms with van der Waals surface area (Å²) in [7, 11) is 0. The van der Waals surface area contributed by atoms with Gasteiger partial charge in [-0.3, -0.25) is 0 Å². The Hall–Kier alpha value is -2.13. The van der Waals surface area contributed by atoms with Gasteiger partial charge in [-0.1, -0.05) is 49.4 Å².